The van der Waals surface area contributed by atoms with Gasteiger partial charge in [-0.05, 0) is 19.5 Å². The predicted octanol–water partition coefficient (Wildman–Crippen LogP) is 3.10. The summed E-state index contributed by atoms with van der Waals surface area (Å²) in [6.07, 6.45) is 6.05. The lowest BCUT2D eigenvalue weighted by molar-refractivity contribution is -0.0186. The van der Waals surface area contributed by atoms with E-state index in [4.69, 9.17) is 4.74 Å². The fourth-order valence-electron chi connectivity index (χ4n) is 4.47. The molecule has 0 atom stereocenters. The topological polar surface area (TPSA) is 44.7 Å². The van der Waals surface area contributed by atoms with Gasteiger partial charge in [0.25, 0.3) is 0 Å². The number of benzene rings is 1. The zero-order valence-corrected chi connectivity index (χ0v) is 18.2. The first-order chi connectivity index (χ1) is 14.0. The van der Waals surface area contributed by atoms with Crippen LogP contribution in [0.2, 0.25) is 0 Å². The van der Waals surface area contributed by atoms with Gasteiger partial charge in [-0.3, -0.25) is 4.90 Å². The Balaban J connectivity index is 1.59. The van der Waals surface area contributed by atoms with Crippen molar-refractivity contribution in [1.29, 1.82) is 0 Å². The highest BCUT2D eigenvalue weighted by molar-refractivity contribution is 5.38. The number of hydrogen-bond acceptors (Lipinski definition) is 6. The third kappa shape index (κ3) is 4.54. The Morgan fingerprint density at radius 2 is 1.83 bits per heavy atom. The fourth-order valence-corrected chi connectivity index (χ4v) is 4.47. The van der Waals surface area contributed by atoms with Gasteiger partial charge in [0.15, 0.2) is 0 Å². The molecule has 2 aromatic rings. The van der Waals surface area contributed by atoms with Gasteiger partial charge in [0.05, 0.1) is 0 Å². The molecule has 1 aromatic heterocycles. The van der Waals surface area contributed by atoms with E-state index < -0.39 is 0 Å². The van der Waals surface area contributed by atoms with E-state index >= 15 is 0 Å². The van der Waals surface area contributed by atoms with Gasteiger partial charge in [-0.25, -0.2) is 9.97 Å². The highest BCUT2D eigenvalue weighted by Crippen LogP contribution is 2.36. The Morgan fingerprint density at radius 1 is 1.10 bits per heavy atom. The monoisotopic (exact) mass is 395 g/mol. The van der Waals surface area contributed by atoms with Crippen molar-refractivity contribution < 1.29 is 4.74 Å². The number of likely N-dealkylation sites (tertiary alicyclic amines) is 1. The van der Waals surface area contributed by atoms with E-state index in [1.165, 1.54) is 11.1 Å². The van der Waals surface area contributed by atoms with Crippen molar-refractivity contribution in [3.05, 3.63) is 47.3 Å². The maximum atomic E-state index is 6.75. The molecule has 1 fully saturated rings. The summed E-state index contributed by atoms with van der Waals surface area (Å²) in [5.41, 5.74) is 3.59. The van der Waals surface area contributed by atoms with Crippen LogP contribution < -0.4 is 9.64 Å². The molecular weight excluding hydrogens is 362 g/mol. The molecule has 1 aromatic carbocycles. The summed E-state index contributed by atoms with van der Waals surface area (Å²) in [5, 5.41) is 0. The quantitative estimate of drug-likeness (QED) is 0.793. The van der Waals surface area contributed by atoms with Gasteiger partial charge in [0.1, 0.15) is 11.4 Å². The molecule has 0 N–H and O–H groups in total. The van der Waals surface area contributed by atoms with Gasteiger partial charge >= 0.3 is 0 Å². The molecule has 1 saturated heterocycles. The predicted molar refractivity (Wildman–Crippen MR) is 116 cm³/mol. The first kappa shape index (κ1) is 20.1. The lowest BCUT2D eigenvalue weighted by Gasteiger charge is -2.42. The van der Waals surface area contributed by atoms with Crippen molar-refractivity contribution in [3.63, 3.8) is 0 Å². The lowest BCUT2D eigenvalue weighted by atomic mass is 9.90. The molecule has 2 aliphatic heterocycles. The zero-order chi connectivity index (χ0) is 20.4. The smallest absolute Gasteiger partial charge is 0.224 e. The molecule has 4 rings (SSSR count). The third-order valence-electron chi connectivity index (χ3n) is 6.16. The maximum absolute atomic E-state index is 6.75. The molecule has 0 saturated carbocycles. The number of aromatic nitrogens is 2. The molecule has 156 valence electrons. The van der Waals surface area contributed by atoms with Crippen molar-refractivity contribution in [2.24, 2.45) is 0 Å². The van der Waals surface area contributed by atoms with Crippen LogP contribution in [0.3, 0.4) is 0 Å². The van der Waals surface area contributed by atoms with E-state index in [0.717, 1.165) is 69.4 Å². The first-order valence-electron chi connectivity index (χ1n) is 10.7. The minimum atomic E-state index is -0.114. The largest absolute Gasteiger partial charge is 0.486 e. The molecular formula is C23H33N5O. The fraction of sp³-hybridized carbons (Fsp3) is 0.565. The number of nitrogens with zero attached hydrogens (tertiary/aromatic N) is 5. The number of hydrogen-bond donors (Lipinski definition) is 0. The Labute approximate surface area is 174 Å². The summed E-state index contributed by atoms with van der Waals surface area (Å²) >= 11 is 0. The summed E-state index contributed by atoms with van der Waals surface area (Å²) in [6, 6.07) is 6.60. The average molecular weight is 396 g/mol. The summed E-state index contributed by atoms with van der Waals surface area (Å²) < 4.78 is 6.75. The molecule has 2 aliphatic rings. The SMILES string of the molecule is CCN1CCC2(CC1)CN(Cc1cnc(N(C)C)nc1)Cc1cc(C)ccc1O2. The molecule has 3 heterocycles. The van der Waals surface area contributed by atoms with Crippen LogP contribution in [-0.2, 0) is 13.1 Å². The van der Waals surface area contributed by atoms with Gasteiger partial charge in [0, 0.05) is 83.2 Å². The molecule has 0 radical (unpaired) electrons. The average Bonchev–Trinajstić information content (AvgIpc) is 2.85. The number of aryl methyl sites for hydroxylation is 1. The minimum Gasteiger partial charge on any atom is -0.486 e. The molecule has 6 heteroatoms. The molecule has 0 amide bonds. The van der Waals surface area contributed by atoms with Crippen molar-refractivity contribution in [2.45, 2.75) is 45.4 Å². The zero-order valence-electron chi connectivity index (χ0n) is 18.2. The molecule has 0 aliphatic carbocycles. The summed E-state index contributed by atoms with van der Waals surface area (Å²) in [7, 11) is 3.93. The number of ether oxygens (including phenoxy) is 1. The van der Waals surface area contributed by atoms with Crippen molar-refractivity contribution in [3.8, 4) is 5.75 Å². The Morgan fingerprint density at radius 3 is 2.48 bits per heavy atom. The van der Waals surface area contributed by atoms with Crippen LogP contribution in [0.5, 0.6) is 5.75 Å². The van der Waals surface area contributed by atoms with E-state index in [0.29, 0.717) is 0 Å². The number of anilines is 1. The van der Waals surface area contributed by atoms with Crippen LogP contribution in [0.1, 0.15) is 36.5 Å². The number of fused-ring (bicyclic) bond motifs is 1. The second kappa shape index (κ2) is 8.28. The summed E-state index contributed by atoms with van der Waals surface area (Å²) in [4.78, 5) is 16.0. The van der Waals surface area contributed by atoms with Crippen LogP contribution in [-0.4, -0.2) is 65.6 Å². The Bertz CT molecular complexity index is 828. The van der Waals surface area contributed by atoms with Gasteiger partial charge in [-0.15, -0.1) is 0 Å². The highest BCUT2D eigenvalue weighted by atomic mass is 16.5. The third-order valence-corrected chi connectivity index (χ3v) is 6.16. The van der Waals surface area contributed by atoms with Gasteiger partial charge in [-0.2, -0.15) is 0 Å². The van der Waals surface area contributed by atoms with Crippen LogP contribution in [0.25, 0.3) is 0 Å². The van der Waals surface area contributed by atoms with E-state index in [9.17, 15) is 0 Å². The van der Waals surface area contributed by atoms with Crippen LogP contribution in [0.15, 0.2) is 30.6 Å². The molecule has 29 heavy (non-hydrogen) atoms. The lowest BCUT2D eigenvalue weighted by Crippen LogP contribution is -2.53. The van der Waals surface area contributed by atoms with Crippen molar-refractivity contribution in [2.75, 3.05) is 45.2 Å². The van der Waals surface area contributed by atoms with Crippen molar-refractivity contribution in [1.82, 2.24) is 19.8 Å². The van der Waals surface area contributed by atoms with Crippen LogP contribution >= 0.6 is 0 Å². The first-order valence-corrected chi connectivity index (χ1v) is 10.7. The summed E-state index contributed by atoms with van der Waals surface area (Å²) in [5.74, 6) is 1.81. The second-order valence-corrected chi connectivity index (χ2v) is 8.76. The number of rotatable bonds is 4. The van der Waals surface area contributed by atoms with E-state index in [-0.39, 0.29) is 5.60 Å². The normalized spacial score (nSPS) is 19.4. The Hall–Kier alpha value is -2.18. The van der Waals surface area contributed by atoms with Gasteiger partial charge in [0.2, 0.25) is 5.95 Å². The van der Waals surface area contributed by atoms with Gasteiger partial charge in [-0.1, -0.05) is 24.6 Å². The molecule has 6 nitrogen and oxygen atoms in total. The standard InChI is InChI=1S/C23H33N5O/c1-5-27-10-8-23(9-11-27)17-28(15-19-13-24-22(25-14-19)26(3)4)16-20-12-18(2)6-7-21(20)29-23/h6-7,12-14H,5,8-11,15-17H2,1-4H3. The van der Waals surface area contributed by atoms with Crippen LogP contribution in [0, 0.1) is 6.92 Å². The second-order valence-electron chi connectivity index (χ2n) is 8.76. The van der Waals surface area contributed by atoms with Crippen molar-refractivity contribution >= 4 is 5.95 Å². The molecule has 1 spiro atoms. The minimum absolute atomic E-state index is 0.114. The maximum Gasteiger partial charge on any atom is 0.224 e. The molecule has 0 unspecified atom stereocenters. The highest BCUT2D eigenvalue weighted by Gasteiger charge is 2.40. The van der Waals surface area contributed by atoms with E-state index in [1.54, 1.807) is 0 Å². The summed E-state index contributed by atoms with van der Waals surface area (Å²) in [6.45, 7) is 10.4. The number of piperidine rings is 1. The van der Waals surface area contributed by atoms with Gasteiger partial charge < -0.3 is 14.5 Å². The van der Waals surface area contributed by atoms with E-state index in [2.05, 4.69) is 51.8 Å². The molecule has 0 bridgehead atoms. The van der Waals surface area contributed by atoms with E-state index in [1.807, 2.05) is 31.4 Å². The Kier molecular flexibility index (Phi) is 5.74. The van der Waals surface area contributed by atoms with Crippen LogP contribution in [0.4, 0.5) is 5.95 Å².